The Morgan fingerprint density at radius 1 is 1.33 bits per heavy atom. The van der Waals surface area contributed by atoms with Gasteiger partial charge in [0.2, 0.25) is 0 Å². The maximum absolute atomic E-state index is 4.83. The fourth-order valence-corrected chi connectivity index (χ4v) is 3.74. The highest BCUT2D eigenvalue weighted by atomic mass is 32.2. The Bertz CT molecular complexity index is 353. The molecule has 0 atom stereocenters. The molecule has 104 valence electrons. The molecule has 2 nitrogen and oxygen atoms in total. The number of hydrogen-bond acceptors (Lipinski definition) is 4. The smallest absolute Gasteiger partial charge is 0.103 e. The summed E-state index contributed by atoms with van der Waals surface area (Å²) in [6.45, 7) is 11.1. The third-order valence-corrected chi connectivity index (χ3v) is 4.51. The number of nitrogens with one attached hydrogen (secondary N) is 1. The molecular formula is C14H26N2S2. The van der Waals surface area contributed by atoms with Crippen molar-refractivity contribution in [3.63, 3.8) is 0 Å². The van der Waals surface area contributed by atoms with Gasteiger partial charge < -0.3 is 5.32 Å². The molecule has 1 heterocycles. The van der Waals surface area contributed by atoms with Crippen molar-refractivity contribution in [1.82, 2.24) is 10.3 Å². The number of aromatic nitrogens is 1. The Morgan fingerprint density at radius 2 is 2.06 bits per heavy atom. The molecule has 0 aliphatic heterocycles. The van der Waals surface area contributed by atoms with Crippen LogP contribution in [-0.2, 0) is 17.7 Å². The van der Waals surface area contributed by atoms with Gasteiger partial charge in [-0.15, -0.1) is 11.3 Å². The maximum atomic E-state index is 4.83. The monoisotopic (exact) mass is 286 g/mol. The standard InChI is InChI=1S/C14H26N2S2/c1-6-7-8-15-9-11-13(14(2,3)4)16-12(18-11)10-17-5/h15H,6-10H2,1-5H3. The Balaban J connectivity index is 2.73. The molecule has 0 fully saturated rings. The second-order valence-corrected chi connectivity index (χ2v) is 7.63. The number of thioether (sulfide) groups is 1. The van der Waals surface area contributed by atoms with E-state index in [1.165, 1.54) is 28.4 Å². The average Bonchev–Trinajstić information content (AvgIpc) is 2.68. The molecule has 1 N–H and O–H groups in total. The van der Waals surface area contributed by atoms with Crippen molar-refractivity contribution in [3.8, 4) is 0 Å². The Kier molecular flexibility index (Phi) is 6.67. The highest BCUT2D eigenvalue weighted by molar-refractivity contribution is 7.97. The third-order valence-electron chi connectivity index (χ3n) is 2.71. The molecule has 0 saturated heterocycles. The van der Waals surface area contributed by atoms with Crippen LogP contribution in [0.4, 0.5) is 0 Å². The van der Waals surface area contributed by atoms with Gasteiger partial charge in [0.15, 0.2) is 0 Å². The molecule has 0 aliphatic rings. The first-order valence-corrected chi connectivity index (χ1v) is 8.88. The summed E-state index contributed by atoms with van der Waals surface area (Å²) in [5.41, 5.74) is 1.43. The van der Waals surface area contributed by atoms with E-state index in [9.17, 15) is 0 Å². The first-order valence-electron chi connectivity index (χ1n) is 6.67. The average molecular weight is 287 g/mol. The number of nitrogens with zero attached hydrogens (tertiary/aromatic N) is 1. The van der Waals surface area contributed by atoms with E-state index in [4.69, 9.17) is 4.98 Å². The van der Waals surface area contributed by atoms with Gasteiger partial charge in [-0.25, -0.2) is 4.98 Å². The molecule has 0 saturated carbocycles. The highest BCUT2D eigenvalue weighted by Crippen LogP contribution is 2.30. The van der Waals surface area contributed by atoms with Crippen LogP contribution in [0.25, 0.3) is 0 Å². The molecule has 0 amide bonds. The van der Waals surface area contributed by atoms with Gasteiger partial charge >= 0.3 is 0 Å². The summed E-state index contributed by atoms with van der Waals surface area (Å²) in [5, 5.41) is 4.80. The minimum absolute atomic E-state index is 0.148. The number of rotatable bonds is 7. The van der Waals surface area contributed by atoms with Crippen molar-refractivity contribution < 1.29 is 0 Å². The van der Waals surface area contributed by atoms with Crippen molar-refractivity contribution >= 4 is 23.1 Å². The maximum Gasteiger partial charge on any atom is 0.103 e. The Hall–Kier alpha value is -0.0600. The van der Waals surface area contributed by atoms with E-state index < -0.39 is 0 Å². The zero-order valence-corrected chi connectivity index (χ0v) is 13.9. The predicted molar refractivity (Wildman–Crippen MR) is 84.6 cm³/mol. The van der Waals surface area contributed by atoms with Crippen LogP contribution in [0.3, 0.4) is 0 Å². The summed E-state index contributed by atoms with van der Waals surface area (Å²) < 4.78 is 0. The lowest BCUT2D eigenvalue weighted by Gasteiger charge is -2.17. The van der Waals surface area contributed by atoms with Crippen LogP contribution in [0.2, 0.25) is 0 Å². The normalized spacial score (nSPS) is 12.1. The quantitative estimate of drug-likeness (QED) is 0.761. The van der Waals surface area contributed by atoms with Crippen LogP contribution in [0.5, 0.6) is 0 Å². The van der Waals surface area contributed by atoms with Gasteiger partial charge in [0.1, 0.15) is 5.01 Å². The summed E-state index contributed by atoms with van der Waals surface area (Å²) >= 11 is 3.72. The summed E-state index contributed by atoms with van der Waals surface area (Å²) in [4.78, 5) is 6.25. The van der Waals surface area contributed by atoms with Gasteiger partial charge in [-0.05, 0) is 19.2 Å². The SMILES string of the molecule is CCCCNCc1sc(CSC)nc1C(C)(C)C. The van der Waals surface area contributed by atoms with E-state index >= 15 is 0 Å². The summed E-state index contributed by atoms with van der Waals surface area (Å²) in [7, 11) is 0. The van der Waals surface area contributed by atoms with E-state index in [0.29, 0.717) is 0 Å². The molecule has 1 rings (SSSR count). The molecule has 1 aromatic heterocycles. The van der Waals surface area contributed by atoms with Gasteiger partial charge in [0.05, 0.1) is 5.69 Å². The van der Waals surface area contributed by atoms with Gasteiger partial charge in [-0.3, -0.25) is 0 Å². The molecule has 0 aliphatic carbocycles. The molecule has 0 spiro atoms. The van der Waals surface area contributed by atoms with Gasteiger partial charge in [-0.1, -0.05) is 34.1 Å². The molecule has 1 aromatic rings. The second kappa shape index (κ2) is 7.51. The number of thiazole rings is 1. The molecule has 0 unspecified atom stereocenters. The largest absolute Gasteiger partial charge is 0.312 e. The lowest BCUT2D eigenvalue weighted by atomic mass is 9.91. The van der Waals surface area contributed by atoms with E-state index in [0.717, 1.165) is 18.8 Å². The molecule has 0 radical (unpaired) electrons. The van der Waals surface area contributed by atoms with Crippen molar-refractivity contribution in [2.24, 2.45) is 0 Å². The topological polar surface area (TPSA) is 24.9 Å². The van der Waals surface area contributed by atoms with Gasteiger partial charge in [0, 0.05) is 22.6 Å². The van der Waals surface area contributed by atoms with E-state index in [2.05, 4.69) is 39.3 Å². The van der Waals surface area contributed by atoms with Crippen LogP contribution >= 0.6 is 23.1 Å². The minimum Gasteiger partial charge on any atom is -0.312 e. The summed E-state index contributed by atoms with van der Waals surface area (Å²) in [6, 6.07) is 0. The molecule has 0 aromatic carbocycles. The zero-order chi connectivity index (χ0) is 13.6. The Labute approximate surface area is 120 Å². The highest BCUT2D eigenvalue weighted by Gasteiger charge is 2.22. The zero-order valence-electron chi connectivity index (χ0n) is 12.3. The van der Waals surface area contributed by atoms with Gasteiger partial charge in [-0.2, -0.15) is 11.8 Å². The van der Waals surface area contributed by atoms with Gasteiger partial charge in [0.25, 0.3) is 0 Å². The van der Waals surface area contributed by atoms with Crippen LogP contribution in [-0.4, -0.2) is 17.8 Å². The van der Waals surface area contributed by atoms with Crippen LogP contribution in [0, 0.1) is 0 Å². The van der Waals surface area contributed by atoms with Crippen molar-refractivity contribution in [3.05, 3.63) is 15.6 Å². The lowest BCUT2D eigenvalue weighted by Crippen LogP contribution is -2.19. The minimum atomic E-state index is 0.148. The summed E-state index contributed by atoms with van der Waals surface area (Å²) in [5.74, 6) is 1.03. The third kappa shape index (κ3) is 4.90. The van der Waals surface area contributed by atoms with Crippen molar-refractivity contribution in [1.29, 1.82) is 0 Å². The Morgan fingerprint density at radius 3 is 2.61 bits per heavy atom. The molecule has 0 bridgehead atoms. The predicted octanol–water partition coefficient (Wildman–Crippen LogP) is 4.19. The fourth-order valence-electron chi connectivity index (χ4n) is 1.80. The molecular weight excluding hydrogens is 260 g/mol. The van der Waals surface area contributed by atoms with E-state index in [1.54, 1.807) is 0 Å². The van der Waals surface area contributed by atoms with E-state index in [1.807, 2.05) is 23.1 Å². The van der Waals surface area contributed by atoms with E-state index in [-0.39, 0.29) is 5.41 Å². The first-order chi connectivity index (χ1) is 8.49. The first kappa shape index (κ1) is 16.0. The van der Waals surface area contributed by atoms with Crippen LogP contribution < -0.4 is 5.32 Å². The van der Waals surface area contributed by atoms with Crippen molar-refractivity contribution in [2.75, 3.05) is 12.8 Å². The lowest BCUT2D eigenvalue weighted by molar-refractivity contribution is 0.556. The summed E-state index contributed by atoms with van der Waals surface area (Å²) in [6.07, 6.45) is 4.64. The number of hydrogen-bond donors (Lipinski definition) is 1. The van der Waals surface area contributed by atoms with Crippen molar-refractivity contribution in [2.45, 2.75) is 58.2 Å². The van der Waals surface area contributed by atoms with Crippen LogP contribution in [0.15, 0.2) is 0 Å². The fraction of sp³-hybridized carbons (Fsp3) is 0.786. The van der Waals surface area contributed by atoms with Crippen LogP contribution in [0.1, 0.15) is 56.1 Å². The molecule has 18 heavy (non-hydrogen) atoms. The second-order valence-electron chi connectivity index (χ2n) is 5.59. The number of unbranched alkanes of at least 4 members (excludes halogenated alkanes) is 1. The molecule has 4 heteroatoms.